The quantitative estimate of drug-likeness (QED) is 0.0657. The molecule has 0 radical (unpaired) electrons. The Morgan fingerprint density at radius 3 is 2.21 bits per heavy atom. The van der Waals surface area contributed by atoms with Gasteiger partial charge in [0.15, 0.2) is 11.2 Å². The normalized spacial score (nSPS) is 18.6. The van der Waals surface area contributed by atoms with Crippen LogP contribution in [0.3, 0.4) is 0 Å². The Bertz CT molecular complexity index is 1520. The lowest BCUT2D eigenvalue weighted by Crippen LogP contribution is -2.31. The van der Waals surface area contributed by atoms with E-state index in [-0.39, 0.29) is 49.0 Å². The summed E-state index contributed by atoms with van der Waals surface area (Å²) in [4.78, 5) is 34.9. The number of allylic oxidation sites excluding steroid dienone is 12. The van der Waals surface area contributed by atoms with Gasteiger partial charge in [0.2, 0.25) is 5.91 Å². The molecule has 1 aliphatic rings. The van der Waals surface area contributed by atoms with Gasteiger partial charge in [-0.3, -0.25) is 18.7 Å². The minimum absolute atomic E-state index is 0.0492. The Balaban J connectivity index is 1.19. The Kier molecular flexibility index (Phi) is 18.4. The maximum absolute atomic E-state index is 13.0. The molecule has 262 valence electrons. The van der Waals surface area contributed by atoms with Gasteiger partial charge in [-0.1, -0.05) is 79.8 Å². The maximum Gasteiger partial charge on any atom is 0.405 e. The predicted octanol–water partition coefficient (Wildman–Crippen LogP) is 6.75. The number of rotatable bonds is 23. The highest BCUT2D eigenvalue weighted by Gasteiger charge is 2.31. The first kappa shape index (κ1) is 38.8. The van der Waals surface area contributed by atoms with Crippen molar-refractivity contribution >= 4 is 24.8 Å². The summed E-state index contributed by atoms with van der Waals surface area (Å²) in [5, 5.41) is 5.58. The third-order valence-electron chi connectivity index (χ3n) is 7.32. The molecule has 0 aliphatic carbocycles. The zero-order valence-corrected chi connectivity index (χ0v) is 29.1. The number of nitrogens with one attached hydrogen (secondary N) is 3. The average molecular weight is 683 g/mol. The smallest absolute Gasteiger partial charge is 0.355 e. The van der Waals surface area contributed by atoms with Gasteiger partial charge in [0.25, 0.3) is 5.56 Å². The molecular weight excluding hydrogens is 631 g/mol. The lowest BCUT2D eigenvalue weighted by molar-refractivity contribution is -0.120. The van der Waals surface area contributed by atoms with Gasteiger partial charge in [-0.2, -0.15) is 0 Å². The molecule has 2 aromatic rings. The van der Waals surface area contributed by atoms with Crippen molar-refractivity contribution in [2.75, 3.05) is 26.8 Å². The fraction of sp³-hybridized carbons (Fsp3) is 0.486. The molecule has 0 aromatic carbocycles. The third-order valence-corrected chi connectivity index (χ3v) is 8.90. The standard InChI is InChI=1S/C35H51N6O6P/c1-3-4-5-6-7-8-9-10-11-12-13-14-15-16-17-18-19-20-21-22-31(42)36-25-26-40-48(44,45-2)46-27-30-23-24-32(47-30)41-29-39-33-34(41)37-28-38-35(33)43/h4-5,7-8,10-11,13-14,16-17,19-20,28-30,32H,3,6,9,12,15,18,21-27H2,1-2H3,(H,36,42)(H,40,44)(H,37,38,43)/b5-4-,8-7-,11-10-,14-13-,17-16-,20-19-/t30-,32+,48?/m0/s1. The second kappa shape index (κ2) is 22.8. The van der Waals surface area contributed by atoms with Crippen molar-refractivity contribution in [2.24, 2.45) is 0 Å². The van der Waals surface area contributed by atoms with Crippen LogP contribution < -0.4 is 16.0 Å². The van der Waals surface area contributed by atoms with E-state index in [0.29, 0.717) is 31.3 Å². The number of nitrogens with zero attached hydrogens (tertiary/aromatic N) is 3. The van der Waals surface area contributed by atoms with Crippen LogP contribution in [0.4, 0.5) is 0 Å². The molecule has 1 fully saturated rings. The third kappa shape index (κ3) is 14.6. The number of aromatic amines is 1. The van der Waals surface area contributed by atoms with Crippen molar-refractivity contribution in [3.63, 3.8) is 0 Å². The van der Waals surface area contributed by atoms with Crippen LogP contribution in [0.2, 0.25) is 0 Å². The average Bonchev–Trinajstić information content (AvgIpc) is 3.75. The lowest BCUT2D eigenvalue weighted by Gasteiger charge is -2.20. The van der Waals surface area contributed by atoms with Gasteiger partial charge in [-0.15, -0.1) is 0 Å². The van der Waals surface area contributed by atoms with E-state index in [4.69, 9.17) is 13.8 Å². The van der Waals surface area contributed by atoms with Crippen molar-refractivity contribution < 1.29 is 23.1 Å². The van der Waals surface area contributed by atoms with Crippen molar-refractivity contribution in [1.82, 2.24) is 29.9 Å². The van der Waals surface area contributed by atoms with Crippen LogP contribution >= 0.6 is 7.75 Å². The zero-order chi connectivity index (χ0) is 34.3. The van der Waals surface area contributed by atoms with Crippen LogP contribution in [0.5, 0.6) is 0 Å². The number of ether oxygens (including phenoxy) is 1. The van der Waals surface area contributed by atoms with Crippen LogP contribution in [0, 0.1) is 0 Å². The van der Waals surface area contributed by atoms with Crippen LogP contribution in [-0.2, 0) is 23.1 Å². The van der Waals surface area contributed by atoms with E-state index in [0.717, 1.165) is 38.5 Å². The Hall–Kier alpha value is -3.67. The first-order valence-corrected chi connectivity index (χ1v) is 18.3. The second-order valence-corrected chi connectivity index (χ2v) is 13.0. The van der Waals surface area contributed by atoms with E-state index in [1.165, 1.54) is 19.8 Å². The number of H-pyrrole nitrogens is 1. The van der Waals surface area contributed by atoms with Crippen molar-refractivity contribution in [3.8, 4) is 0 Å². The minimum Gasteiger partial charge on any atom is -0.355 e. The first-order chi connectivity index (χ1) is 23.5. The highest BCUT2D eigenvalue weighted by Crippen LogP contribution is 2.43. The molecule has 0 spiro atoms. The van der Waals surface area contributed by atoms with Gasteiger partial charge in [-0.25, -0.2) is 19.6 Å². The Morgan fingerprint density at radius 2 is 1.58 bits per heavy atom. The van der Waals surface area contributed by atoms with Crippen molar-refractivity contribution in [2.45, 2.75) is 83.5 Å². The fourth-order valence-corrected chi connectivity index (χ4v) is 5.84. The summed E-state index contributed by atoms with van der Waals surface area (Å²) >= 11 is 0. The van der Waals surface area contributed by atoms with Gasteiger partial charge >= 0.3 is 7.75 Å². The van der Waals surface area contributed by atoms with Gasteiger partial charge in [0.1, 0.15) is 6.23 Å². The van der Waals surface area contributed by atoms with Crippen LogP contribution in [0.15, 0.2) is 90.4 Å². The SMILES string of the molecule is CC/C=C\C/C=C\C/C=C\C/C=C\C/C=C\C/C=C\CCC(=O)NCCNP(=O)(OC)OC[C@@H]1CC[C@H](n2cnc3c(=O)[nH]cnc32)O1. The highest BCUT2D eigenvalue weighted by atomic mass is 31.2. The molecule has 1 aliphatic heterocycles. The molecular formula is C35H51N6O6P. The molecule has 3 heterocycles. The van der Waals surface area contributed by atoms with Crippen LogP contribution in [0.1, 0.15) is 77.4 Å². The minimum atomic E-state index is -3.58. The lowest BCUT2D eigenvalue weighted by atomic mass is 10.2. The monoisotopic (exact) mass is 682 g/mol. The van der Waals surface area contributed by atoms with E-state index in [1.807, 2.05) is 6.08 Å². The second-order valence-electron chi connectivity index (χ2n) is 11.0. The first-order valence-electron chi connectivity index (χ1n) is 16.7. The predicted molar refractivity (Wildman–Crippen MR) is 190 cm³/mol. The van der Waals surface area contributed by atoms with E-state index < -0.39 is 7.75 Å². The van der Waals surface area contributed by atoms with E-state index in [2.05, 4.69) is 99.1 Å². The van der Waals surface area contributed by atoms with Gasteiger partial charge in [0, 0.05) is 26.6 Å². The molecule has 1 saturated heterocycles. The highest BCUT2D eigenvalue weighted by molar-refractivity contribution is 7.51. The fourth-order valence-electron chi connectivity index (χ4n) is 4.77. The molecule has 3 rings (SSSR count). The van der Waals surface area contributed by atoms with Gasteiger partial charge < -0.3 is 19.6 Å². The van der Waals surface area contributed by atoms with E-state index in [9.17, 15) is 14.2 Å². The number of hydrogen-bond donors (Lipinski definition) is 3. The molecule has 2 aromatic heterocycles. The van der Waals surface area contributed by atoms with Gasteiger partial charge in [0.05, 0.1) is 25.4 Å². The number of fused-ring (bicyclic) bond motifs is 1. The Morgan fingerprint density at radius 1 is 0.958 bits per heavy atom. The maximum atomic E-state index is 13.0. The number of amides is 1. The molecule has 48 heavy (non-hydrogen) atoms. The largest absolute Gasteiger partial charge is 0.405 e. The number of hydrogen-bond acceptors (Lipinski definition) is 8. The molecule has 1 unspecified atom stereocenters. The molecule has 0 saturated carbocycles. The van der Waals surface area contributed by atoms with Gasteiger partial charge in [-0.05, 0) is 57.8 Å². The number of carbonyl (C=O) groups excluding carboxylic acids is 1. The summed E-state index contributed by atoms with van der Waals surface area (Å²) in [5.41, 5.74) is 0.369. The molecule has 12 nitrogen and oxygen atoms in total. The molecule has 0 bridgehead atoms. The van der Waals surface area contributed by atoms with Crippen molar-refractivity contribution in [3.05, 3.63) is 95.9 Å². The molecule has 3 atom stereocenters. The number of carbonyl (C=O) groups is 1. The van der Waals surface area contributed by atoms with Crippen molar-refractivity contribution in [1.29, 1.82) is 0 Å². The molecule has 1 amide bonds. The topological polar surface area (TPSA) is 149 Å². The Labute approximate surface area is 283 Å². The summed E-state index contributed by atoms with van der Waals surface area (Å²) in [5.74, 6) is -0.0848. The number of imidazole rings is 1. The summed E-state index contributed by atoms with van der Waals surface area (Å²) in [6, 6.07) is 0. The molecule has 13 heteroatoms. The summed E-state index contributed by atoms with van der Waals surface area (Å²) in [6.45, 7) is 2.69. The van der Waals surface area contributed by atoms with E-state index in [1.54, 1.807) is 4.57 Å². The molecule has 3 N–H and O–H groups in total. The summed E-state index contributed by atoms with van der Waals surface area (Å²) in [7, 11) is -2.28. The van der Waals surface area contributed by atoms with E-state index >= 15 is 0 Å². The summed E-state index contributed by atoms with van der Waals surface area (Å²) < 4.78 is 31.4. The van der Waals surface area contributed by atoms with Crippen LogP contribution in [0.25, 0.3) is 11.2 Å². The van der Waals surface area contributed by atoms with Crippen LogP contribution in [-0.4, -0.2) is 58.3 Å². The number of aromatic nitrogens is 4. The summed E-state index contributed by atoms with van der Waals surface area (Å²) in [6.07, 6.45) is 36.1. The zero-order valence-electron chi connectivity index (χ0n) is 28.2.